The van der Waals surface area contributed by atoms with Crippen LogP contribution in [0.3, 0.4) is 0 Å². The third kappa shape index (κ3) is 1.36. The highest BCUT2D eigenvalue weighted by atomic mass is 16.5. The number of amides is 1. The fourth-order valence-electron chi connectivity index (χ4n) is 1.14. The summed E-state index contributed by atoms with van der Waals surface area (Å²) >= 11 is 0. The van der Waals surface area contributed by atoms with Gasteiger partial charge in [0.05, 0.1) is 6.61 Å². The Balaban J connectivity index is 2.71. The van der Waals surface area contributed by atoms with Gasteiger partial charge < -0.3 is 10.5 Å². The molecule has 4 heteroatoms. The molecule has 0 aliphatic carbocycles. The first-order valence-electron chi connectivity index (χ1n) is 3.61. The third-order valence-corrected chi connectivity index (χ3v) is 2.24. The average Bonchev–Trinajstić information content (AvgIpc) is 2.09. The number of primary amides is 1. The van der Waals surface area contributed by atoms with E-state index in [2.05, 4.69) is 0 Å². The number of rotatable bonds is 1. The van der Waals surface area contributed by atoms with Gasteiger partial charge in [-0.15, -0.1) is 0 Å². The fourth-order valence-corrected chi connectivity index (χ4v) is 1.14. The molecule has 1 rings (SSSR count). The van der Waals surface area contributed by atoms with Gasteiger partial charge in [0, 0.05) is 0 Å². The Kier molecular flexibility index (Phi) is 1.90. The van der Waals surface area contributed by atoms with Crippen molar-refractivity contribution in [1.82, 2.24) is 4.90 Å². The Morgan fingerprint density at radius 1 is 1.73 bits per heavy atom. The molecule has 1 unspecified atom stereocenters. The monoisotopic (exact) mass is 158 g/mol. The molecule has 1 saturated heterocycles. The zero-order valence-corrected chi connectivity index (χ0v) is 7.13. The van der Waals surface area contributed by atoms with Gasteiger partial charge in [-0.3, -0.25) is 9.69 Å². The third-order valence-electron chi connectivity index (χ3n) is 2.24. The van der Waals surface area contributed by atoms with E-state index in [1.807, 2.05) is 25.8 Å². The standard InChI is InChI=1S/C7H14N2O2/c1-7(2)9(3)5(4-11-7)6(8)10/h5H,4H2,1-3H3,(H2,8,10). The molecular formula is C7H14N2O2. The smallest absolute Gasteiger partial charge is 0.237 e. The molecule has 4 nitrogen and oxygen atoms in total. The van der Waals surface area contributed by atoms with Crippen molar-refractivity contribution in [2.45, 2.75) is 25.6 Å². The maximum Gasteiger partial charge on any atom is 0.237 e. The van der Waals surface area contributed by atoms with E-state index >= 15 is 0 Å². The van der Waals surface area contributed by atoms with Crippen LogP contribution in [0.1, 0.15) is 13.8 Å². The molecule has 0 radical (unpaired) electrons. The summed E-state index contributed by atoms with van der Waals surface area (Å²) in [5, 5.41) is 0. The van der Waals surface area contributed by atoms with Crippen molar-refractivity contribution < 1.29 is 9.53 Å². The molecule has 64 valence electrons. The van der Waals surface area contributed by atoms with Gasteiger partial charge in [-0.05, 0) is 20.9 Å². The summed E-state index contributed by atoms with van der Waals surface area (Å²) in [6.45, 7) is 4.23. The second-order valence-corrected chi connectivity index (χ2v) is 3.29. The maximum atomic E-state index is 10.8. The molecule has 0 spiro atoms. The van der Waals surface area contributed by atoms with Crippen LogP contribution >= 0.6 is 0 Å². The van der Waals surface area contributed by atoms with Crippen molar-refractivity contribution in [2.75, 3.05) is 13.7 Å². The quantitative estimate of drug-likeness (QED) is 0.561. The van der Waals surface area contributed by atoms with Crippen molar-refractivity contribution in [3.8, 4) is 0 Å². The van der Waals surface area contributed by atoms with Crippen LogP contribution in [0, 0.1) is 0 Å². The lowest BCUT2D eigenvalue weighted by molar-refractivity contribution is -0.122. The molecule has 0 aromatic rings. The van der Waals surface area contributed by atoms with E-state index in [-0.39, 0.29) is 17.7 Å². The number of carbonyl (C=O) groups excluding carboxylic acids is 1. The van der Waals surface area contributed by atoms with Crippen LogP contribution in [0.15, 0.2) is 0 Å². The first kappa shape index (κ1) is 8.49. The van der Waals surface area contributed by atoms with Crippen LogP contribution < -0.4 is 5.73 Å². The summed E-state index contributed by atoms with van der Waals surface area (Å²) in [6.07, 6.45) is 0. The Morgan fingerprint density at radius 3 is 2.45 bits per heavy atom. The Labute approximate surface area is 66.3 Å². The molecule has 1 fully saturated rings. The number of hydrogen-bond donors (Lipinski definition) is 1. The number of carbonyl (C=O) groups is 1. The highest BCUT2D eigenvalue weighted by Crippen LogP contribution is 2.24. The normalized spacial score (nSPS) is 30.6. The maximum absolute atomic E-state index is 10.8. The van der Waals surface area contributed by atoms with E-state index in [0.29, 0.717) is 6.61 Å². The minimum Gasteiger partial charge on any atom is -0.368 e. The summed E-state index contributed by atoms with van der Waals surface area (Å²) in [5.41, 5.74) is 4.79. The van der Waals surface area contributed by atoms with Gasteiger partial charge in [-0.1, -0.05) is 0 Å². The van der Waals surface area contributed by atoms with E-state index in [1.54, 1.807) is 0 Å². The molecule has 1 heterocycles. The zero-order chi connectivity index (χ0) is 8.65. The van der Waals surface area contributed by atoms with Gasteiger partial charge in [-0.25, -0.2) is 0 Å². The average molecular weight is 158 g/mol. The van der Waals surface area contributed by atoms with Crippen molar-refractivity contribution in [2.24, 2.45) is 5.73 Å². The number of hydrogen-bond acceptors (Lipinski definition) is 3. The van der Waals surface area contributed by atoms with Crippen LogP contribution in [-0.2, 0) is 9.53 Å². The number of ether oxygens (including phenoxy) is 1. The molecule has 1 aliphatic heterocycles. The highest BCUT2D eigenvalue weighted by molar-refractivity contribution is 5.80. The lowest BCUT2D eigenvalue weighted by Crippen LogP contribution is -2.46. The van der Waals surface area contributed by atoms with E-state index in [1.165, 1.54) is 0 Å². The SMILES string of the molecule is CN1C(C(N)=O)COC1(C)C. The minimum atomic E-state index is -0.361. The summed E-state index contributed by atoms with van der Waals surface area (Å²) in [7, 11) is 1.84. The number of nitrogens with zero attached hydrogens (tertiary/aromatic N) is 1. The van der Waals surface area contributed by atoms with Gasteiger partial charge in [-0.2, -0.15) is 0 Å². The molecule has 0 aromatic carbocycles. The molecular weight excluding hydrogens is 144 g/mol. The molecule has 1 atom stereocenters. The Morgan fingerprint density at radius 2 is 2.27 bits per heavy atom. The van der Waals surface area contributed by atoms with Gasteiger partial charge in [0.25, 0.3) is 0 Å². The van der Waals surface area contributed by atoms with Gasteiger partial charge in [0.2, 0.25) is 5.91 Å². The molecule has 1 aliphatic rings. The highest BCUT2D eigenvalue weighted by Gasteiger charge is 2.40. The number of nitrogens with two attached hydrogens (primary N) is 1. The van der Waals surface area contributed by atoms with Crippen molar-refractivity contribution in [3.63, 3.8) is 0 Å². The second-order valence-electron chi connectivity index (χ2n) is 3.29. The lowest BCUT2D eigenvalue weighted by atomic mass is 10.2. The predicted octanol–water partition coefficient (Wildman–Crippen LogP) is -0.462. The Hall–Kier alpha value is -0.610. The molecule has 0 saturated carbocycles. The van der Waals surface area contributed by atoms with Crippen molar-refractivity contribution >= 4 is 5.91 Å². The molecule has 0 bridgehead atoms. The molecule has 2 N–H and O–H groups in total. The van der Waals surface area contributed by atoms with Gasteiger partial charge >= 0.3 is 0 Å². The fraction of sp³-hybridized carbons (Fsp3) is 0.857. The van der Waals surface area contributed by atoms with Crippen LogP contribution in [-0.4, -0.2) is 36.2 Å². The molecule has 0 aromatic heterocycles. The topological polar surface area (TPSA) is 55.6 Å². The summed E-state index contributed by atoms with van der Waals surface area (Å²) in [6, 6.07) is -0.273. The summed E-state index contributed by atoms with van der Waals surface area (Å²) in [4.78, 5) is 12.6. The Bertz CT molecular complexity index is 179. The summed E-state index contributed by atoms with van der Waals surface area (Å²) in [5.74, 6) is -0.321. The van der Waals surface area contributed by atoms with Crippen LogP contribution in [0.25, 0.3) is 0 Å². The molecule has 1 amide bonds. The van der Waals surface area contributed by atoms with Crippen LogP contribution in [0.5, 0.6) is 0 Å². The van der Waals surface area contributed by atoms with Gasteiger partial charge in [0.15, 0.2) is 0 Å². The first-order chi connectivity index (χ1) is 4.95. The van der Waals surface area contributed by atoms with Gasteiger partial charge in [0.1, 0.15) is 11.8 Å². The minimum absolute atomic E-state index is 0.273. The first-order valence-corrected chi connectivity index (χ1v) is 3.61. The molecule has 11 heavy (non-hydrogen) atoms. The zero-order valence-electron chi connectivity index (χ0n) is 7.13. The van der Waals surface area contributed by atoms with Crippen molar-refractivity contribution in [3.05, 3.63) is 0 Å². The van der Waals surface area contributed by atoms with Crippen LogP contribution in [0.4, 0.5) is 0 Å². The van der Waals surface area contributed by atoms with E-state index in [0.717, 1.165) is 0 Å². The van der Waals surface area contributed by atoms with E-state index < -0.39 is 0 Å². The largest absolute Gasteiger partial charge is 0.368 e. The lowest BCUT2D eigenvalue weighted by Gasteiger charge is -2.27. The summed E-state index contributed by atoms with van der Waals surface area (Å²) < 4.78 is 5.35. The van der Waals surface area contributed by atoms with Crippen LogP contribution in [0.2, 0.25) is 0 Å². The second kappa shape index (κ2) is 2.46. The van der Waals surface area contributed by atoms with E-state index in [4.69, 9.17) is 10.5 Å². The predicted molar refractivity (Wildman–Crippen MR) is 40.8 cm³/mol. The van der Waals surface area contributed by atoms with E-state index in [9.17, 15) is 4.79 Å². The van der Waals surface area contributed by atoms with Crippen molar-refractivity contribution in [1.29, 1.82) is 0 Å². The number of likely N-dealkylation sites (N-methyl/N-ethyl adjacent to an activating group) is 1.